The maximum Gasteiger partial charge on any atom is 4.00 e. The van der Waals surface area contributed by atoms with Gasteiger partial charge in [0.1, 0.15) is 33.0 Å². The smallest absolute Gasteiger partial charge is 0.781 e. The van der Waals surface area contributed by atoms with Crippen LogP contribution in [0.4, 0.5) is 0 Å². The molecule has 0 bridgehead atoms. The molecular formula is CH6Cl2O10P4Ti. The van der Waals surface area contributed by atoms with E-state index in [9.17, 15) is 37.8 Å². The monoisotopic (exact) mass is 420 g/mol. The topological polar surface area (TPSA) is 179 Å². The standard InChI is InChI=1S/CH2Cl2.2H4O5P2.Ti/c2-1-3;2*1-6(2)5-7(3)4;/h1H2;2*6-7H,(H,1,2)(H,3,4);/q;;;+4/p-4. The van der Waals surface area contributed by atoms with E-state index in [0.29, 0.717) is 0 Å². The molecule has 0 aromatic carbocycles. The fourth-order valence-electron chi connectivity index (χ4n) is 0.136. The Labute approximate surface area is 129 Å². The van der Waals surface area contributed by atoms with Crippen molar-refractivity contribution in [1.29, 1.82) is 0 Å². The average molecular weight is 421 g/mol. The Morgan fingerprint density at radius 2 is 0.833 bits per heavy atom. The van der Waals surface area contributed by atoms with Gasteiger partial charge in [-0.05, 0) is 0 Å². The third kappa shape index (κ3) is 52.1. The molecule has 0 heterocycles. The summed E-state index contributed by atoms with van der Waals surface area (Å²) in [5.41, 5.74) is 0. The van der Waals surface area contributed by atoms with Gasteiger partial charge in [0.2, 0.25) is 0 Å². The molecule has 0 aliphatic rings. The summed E-state index contributed by atoms with van der Waals surface area (Å²) in [4.78, 5) is 37.1. The Bertz CT molecular complexity index is 223. The van der Waals surface area contributed by atoms with Crippen LogP contribution in [0.2, 0.25) is 0 Å². The summed E-state index contributed by atoms with van der Waals surface area (Å²) < 4.78 is 43.6. The SMILES string of the molecule is ClCCl.O=[PH]([O-])O[PH](=O)[O-].O=[PH]([O-])O[PH](=O)[O-].[Ti+4]. The molecule has 0 spiro atoms. The Morgan fingerprint density at radius 3 is 0.833 bits per heavy atom. The Balaban J connectivity index is -0.0000000857. The van der Waals surface area contributed by atoms with Crippen LogP contribution in [0.1, 0.15) is 0 Å². The summed E-state index contributed by atoms with van der Waals surface area (Å²) in [7, 11) is -14.1. The van der Waals surface area contributed by atoms with Crippen molar-refractivity contribution in [1.82, 2.24) is 0 Å². The second-order valence-electron chi connectivity index (χ2n) is 1.31. The van der Waals surface area contributed by atoms with Crippen molar-refractivity contribution < 1.29 is 68.2 Å². The molecule has 4 atom stereocenters. The molecule has 10 nitrogen and oxygen atoms in total. The first-order valence-electron chi connectivity index (χ1n) is 2.98. The molecule has 0 aliphatic carbocycles. The second kappa shape index (κ2) is 21.3. The molecule has 0 aliphatic heterocycles. The summed E-state index contributed by atoms with van der Waals surface area (Å²) in [6.45, 7) is 0. The van der Waals surface area contributed by atoms with Crippen LogP contribution in [0, 0.1) is 0 Å². The maximum atomic E-state index is 9.29. The summed E-state index contributed by atoms with van der Waals surface area (Å²) in [5.74, 6) is 0. The van der Waals surface area contributed by atoms with E-state index in [1.54, 1.807) is 0 Å². The van der Waals surface area contributed by atoms with Gasteiger partial charge in [-0.1, -0.05) is 0 Å². The first-order chi connectivity index (χ1) is 7.67. The first-order valence-corrected chi connectivity index (χ1v) is 8.95. The van der Waals surface area contributed by atoms with E-state index < -0.39 is 33.0 Å². The van der Waals surface area contributed by atoms with Crippen molar-refractivity contribution in [3.8, 4) is 0 Å². The van der Waals surface area contributed by atoms with Gasteiger partial charge in [0.15, 0.2) is 0 Å². The van der Waals surface area contributed by atoms with Gasteiger partial charge in [0.05, 0.1) is 5.34 Å². The third-order valence-electron chi connectivity index (χ3n) is 0.333. The van der Waals surface area contributed by atoms with Gasteiger partial charge in [-0.3, -0.25) is 8.62 Å². The van der Waals surface area contributed by atoms with Crippen LogP contribution in [0.5, 0.6) is 0 Å². The van der Waals surface area contributed by atoms with E-state index in [1.807, 2.05) is 0 Å². The molecule has 0 N–H and O–H groups in total. The molecule has 0 amide bonds. The van der Waals surface area contributed by atoms with Gasteiger partial charge in [0.25, 0.3) is 0 Å². The van der Waals surface area contributed by atoms with Gasteiger partial charge >= 0.3 is 21.7 Å². The van der Waals surface area contributed by atoms with Gasteiger partial charge in [-0.2, -0.15) is 0 Å². The molecule has 4 unspecified atom stereocenters. The second-order valence-corrected chi connectivity index (χ2v) is 5.75. The summed E-state index contributed by atoms with van der Waals surface area (Å²) in [6.07, 6.45) is 0. The number of alkyl halides is 2. The zero-order valence-electron chi connectivity index (χ0n) is 8.05. The fourth-order valence-corrected chi connectivity index (χ4v) is 1.22. The third-order valence-corrected chi connectivity index (χ3v) is 3.00. The molecule has 0 saturated carbocycles. The minimum atomic E-state index is -3.51. The van der Waals surface area contributed by atoms with Crippen molar-refractivity contribution in [3.05, 3.63) is 0 Å². The van der Waals surface area contributed by atoms with Gasteiger partial charge in [-0.15, -0.1) is 23.2 Å². The van der Waals surface area contributed by atoms with Crippen LogP contribution in [0.25, 0.3) is 0 Å². The van der Waals surface area contributed by atoms with E-state index in [0.717, 1.165) is 0 Å². The zero-order chi connectivity index (χ0) is 14.4. The largest absolute Gasteiger partial charge is 4.00 e. The van der Waals surface area contributed by atoms with Crippen molar-refractivity contribution in [2.24, 2.45) is 0 Å². The summed E-state index contributed by atoms with van der Waals surface area (Å²) in [6, 6.07) is 0. The Hall–Kier alpha value is 1.97. The normalized spacial score (nSPS) is 15.4. The molecule has 0 fully saturated rings. The van der Waals surface area contributed by atoms with Crippen LogP contribution in [0.15, 0.2) is 0 Å². The van der Waals surface area contributed by atoms with Crippen LogP contribution in [0.3, 0.4) is 0 Å². The quantitative estimate of drug-likeness (QED) is 0.292. The van der Waals surface area contributed by atoms with Crippen molar-refractivity contribution in [2.45, 2.75) is 0 Å². The van der Waals surface area contributed by atoms with Crippen LogP contribution < -0.4 is 19.6 Å². The van der Waals surface area contributed by atoms with Gasteiger partial charge in [-0.25, -0.2) is 0 Å². The van der Waals surface area contributed by atoms with E-state index in [1.165, 1.54) is 0 Å². The predicted molar refractivity (Wildman–Crippen MR) is 54.7 cm³/mol. The first kappa shape index (κ1) is 28.2. The minimum Gasteiger partial charge on any atom is -0.781 e. The average Bonchev–Trinajstić information content (AvgIpc) is 1.99. The Morgan fingerprint density at radius 1 is 0.722 bits per heavy atom. The number of hydrogen-bond donors (Lipinski definition) is 0. The van der Waals surface area contributed by atoms with Crippen molar-refractivity contribution >= 4 is 56.2 Å². The molecule has 0 saturated heterocycles. The van der Waals surface area contributed by atoms with E-state index in [-0.39, 0.29) is 27.1 Å². The van der Waals surface area contributed by atoms with Crippen molar-refractivity contribution in [3.63, 3.8) is 0 Å². The summed E-state index contributed by atoms with van der Waals surface area (Å²) >= 11 is 9.53. The molecule has 17 heteroatoms. The van der Waals surface area contributed by atoms with Crippen LogP contribution in [-0.4, -0.2) is 5.34 Å². The summed E-state index contributed by atoms with van der Waals surface area (Å²) in [5, 5.41) is 0.194. The van der Waals surface area contributed by atoms with E-state index in [4.69, 9.17) is 23.2 Å². The number of hydrogen-bond acceptors (Lipinski definition) is 10. The van der Waals surface area contributed by atoms with Gasteiger partial charge in [0, 0.05) is 0 Å². The van der Waals surface area contributed by atoms with E-state index >= 15 is 0 Å². The Kier molecular flexibility index (Phi) is 33.3. The zero-order valence-corrected chi connectivity index (χ0v) is 15.1. The molecular weight excluding hydrogens is 415 g/mol. The fraction of sp³-hybridized carbons (Fsp3) is 1.00. The van der Waals surface area contributed by atoms with Gasteiger partial charge < -0.3 is 37.8 Å². The number of halogens is 2. The molecule has 108 valence electrons. The van der Waals surface area contributed by atoms with Crippen LogP contribution in [-0.2, 0) is 48.6 Å². The molecule has 0 aromatic rings. The predicted octanol–water partition coefficient (Wildman–Crippen LogP) is -1.58. The molecule has 0 radical (unpaired) electrons. The number of rotatable bonds is 4. The van der Waals surface area contributed by atoms with Crippen molar-refractivity contribution in [2.75, 3.05) is 5.34 Å². The molecule has 0 aromatic heterocycles. The van der Waals surface area contributed by atoms with Crippen LogP contribution >= 0.6 is 56.2 Å². The molecule has 0 rings (SSSR count). The maximum absolute atomic E-state index is 9.29. The molecule has 18 heavy (non-hydrogen) atoms. The van der Waals surface area contributed by atoms with E-state index in [2.05, 4.69) is 8.62 Å². The minimum absolute atomic E-state index is 0.